The zero-order valence-corrected chi connectivity index (χ0v) is 11.5. The largest absolute Gasteiger partial charge is 0.330 e. The van der Waals surface area contributed by atoms with Crippen LogP contribution in [0.15, 0.2) is 0 Å². The molecule has 0 aromatic heterocycles. The van der Waals surface area contributed by atoms with Crippen molar-refractivity contribution in [3.8, 4) is 0 Å². The summed E-state index contributed by atoms with van der Waals surface area (Å²) in [6.07, 6.45) is 12.5. The first-order chi connectivity index (χ1) is 8.33. The Morgan fingerprint density at radius 3 is 2.65 bits per heavy atom. The molecule has 0 saturated heterocycles. The highest BCUT2D eigenvalue weighted by atomic mass is 15.0. The lowest BCUT2D eigenvalue weighted by Gasteiger charge is -2.37. The minimum atomic E-state index is 0.717. The van der Waals surface area contributed by atoms with Crippen LogP contribution in [0.2, 0.25) is 0 Å². The Balaban J connectivity index is 1.81. The fraction of sp³-hybridized carbons (Fsp3) is 1.00. The Hall–Kier alpha value is -0.0800. The molecule has 2 aliphatic carbocycles. The minimum Gasteiger partial charge on any atom is -0.330 e. The van der Waals surface area contributed by atoms with Gasteiger partial charge < -0.3 is 11.1 Å². The molecule has 0 spiro atoms. The molecule has 100 valence electrons. The number of nitrogens with one attached hydrogen (secondary N) is 1. The summed E-state index contributed by atoms with van der Waals surface area (Å²) in [6, 6.07) is 1.50. The van der Waals surface area contributed by atoms with Gasteiger partial charge in [-0.3, -0.25) is 0 Å². The van der Waals surface area contributed by atoms with Gasteiger partial charge in [0.2, 0.25) is 0 Å². The minimum absolute atomic E-state index is 0.717. The molecule has 2 aliphatic rings. The van der Waals surface area contributed by atoms with Gasteiger partial charge in [0.1, 0.15) is 0 Å². The van der Waals surface area contributed by atoms with Gasteiger partial charge in [0.25, 0.3) is 0 Å². The van der Waals surface area contributed by atoms with Gasteiger partial charge in [-0.25, -0.2) is 0 Å². The predicted molar refractivity (Wildman–Crippen MR) is 74.0 cm³/mol. The smallest absolute Gasteiger partial charge is 0.0110 e. The van der Waals surface area contributed by atoms with E-state index in [2.05, 4.69) is 12.2 Å². The maximum absolute atomic E-state index is 5.91. The molecule has 4 unspecified atom stereocenters. The summed E-state index contributed by atoms with van der Waals surface area (Å²) in [4.78, 5) is 0. The van der Waals surface area contributed by atoms with Crippen molar-refractivity contribution in [1.82, 2.24) is 5.32 Å². The SMILES string of the molecule is CCC1CCCC(NC2CCCCC2CN)C1. The van der Waals surface area contributed by atoms with Crippen LogP contribution in [0.3, 0.4) is 0 Å². The van der Waals surface area contributed by atoms with Crippen molar-refractivity contribution in [1.29, 1.82) is 0 Å². The van der Waals surface area contributed by atoms with E-state index in [9.17, 15) is 0 Å². The lowest BCUT2D eigenvalue weighted by atomic mass is 9.80. The second-order valence-electron chi connectivity index (χ2n) is 6.19. The molecule has 2 rings (SSSR count). The van der Waals surface area contributed by atoms with Crippen LogP contribution < -0.4 is 11.1 Å². The lowest BCUT2D eigenvalue weighted by molar-refractivity contribution is 0.203. The number of rotatable bonds is 4. The van der Waals surface area contributed by atoms with Gasteiger partial charge in [0.05, 0.1) is 0 Å². The van der Waals surface area contributed by atoms with Gasteiger partial charge in [-0.05, 0) is 44.1 Å². The van der Waals surface area contributed by atoms with Crippen LogP contribution in [0.4, 0.5) is 0 Å². The Bertz CT molecular complexity index is 217. The molecule has 0 radical (unpaired) electrons. The van der Waals surface area contributed by atoms with E-state index in [4.69, 9.17) is 5.73 Å². The molecule has 0 heterocycles. The van der Waals surface area contributed by atoms with Gasteiger partial charge in [0.15, 0.2) is 0 Å². The molecule has 0 aromatic rings. The van der Waals surface area contributed by atoms with Crippen LogP contribution in [0.5, 0.6) is 0 Å². The summed E-state index contributed by atoms with van der Waals surface area (Å²) in [6.45, 7) is 3.22. The van der Waals surface area contributed by atoms with Crippen LogP contribution in [0, 0.1) is 11.8 Å². The van der Waals surface area contributed by atoms with Crippen molar-refractivity contribution in [3.05, 3.63) is 0 Å². The third-order valence-electron chi connectivity index (χ3n) is 5.02. The van der Waals surface area contributed by atoms with Gasteiger partial charge in [-0.15, -0.1) is 0 Å². The Morgan fingerprint density at radius 1 is 1.06 bits per heavy atom. The average Bonchev–Trinajstić information content (AvgIpc) is 2.39. The first kappa shape index (κ1) is 13.4. The van der Waals surface area contributed by atoms with Gasteiger partial charge in [0, 0.05) is 12.1 Å². The lowest BCUT2D eigenvalue weighted by Crippen LogP contribution is -2.48. The highest BCUT2D eigenvalue weighted by Gasteiger charge is 2.28. The Morgan fingerprint density at radius 2 is 1.88 bits per heavy atom. The van der Waals surface area contributed by atoms with E-state index in [0.29, 0.717) is 6.04 Å². The van der Waals surface area contributed by atoms with Crippen LogP contribution >= 0.6 is 0 Å². The van der Waals surface area contributed by atoms with Gasteiger partial charge in [-0.2, -0.15) is 0 Å². The molecule has 3 N–H and O–H groups in total. The first-order valence-electron chi connectivity index (χ1n) is 7.79. The van der Waals surface area contributed by atoms with Crippen molar-refractivity contribution in [2.24, 2.45) is 17.6 Å². The standard InChI is InChI=1S/C15H30N2/c1-2-12-6-5-8-14(10-12)17-15-9-4-3-7-13(15)11-16/h12-15,17H,2-11,16H2,1H3. The Labute approximate surface area is 107 Å². The Kier molecular flexibility index (Phi) is 5.30. The highest BCUT2D eigenvalue weighted by molar-refractivity contribution is 4.86. The first-order valence-corrected chi connectivity index (χ1v) is 7.79. The molecule has 0 amide bonds. The highest BCUT2D eigenvalue weighted by Crippen LogP contribution is 2.29. The topological polar surface area (TPSA) is 38.0 Å². The second-order valence-corrected chi connectivity index (χ2v) is 6.19. The number of hydrogen-bond donors (Lipinski definition) is 2. The molecule has 2 heteroatoms. The second kappa shape index (κ2) is 6.75. The number of hydrogen-bond acceptors (Lipinski definition) is 2. The van der Waals surface area contributed by atoms with E-state index in [1.807, 2.05) is 0 Å². The molecule has 17 heavy (non-hydrogen) atoms. The third-order valence-corrected chi connectivity index (χ3v) is 5.02. The van der Waals surface area contributed by atoms with E-state index in [1.165, 1.54) is 57.8 Å². The van der Waals surface area contributed by atoms with Crippen LogP contribution in [0.25, 0.3) is 0 Å². The van der Waals surface area contributed by atoms with E-state index >= 15 is 0 Å². The summed E-state index contributed by atoms with van der Waals surface area (Å²) in [5.41, 5.74) is 5.91. The quantitative estimate of drug-likeness (QED) is 0.790. The van der Waals surface area contributed by atoms with Crippen molar-refractivity contribution < 1.29 is 0 Å². The summed E-state index contributed by atoms with van der Waals surface area (Å²) < 4.78 is 0. The molecular formula is C15H30N2. The molecule has 2 fully saturated rings. The van der Waals surface area contributed by atoms with Gasteiger partial charge in [-0.1, -0.05) is 39.0 Å². The molecular weight excluding hydrogens is 208 g/mol. The third kappa shape index (κ3) is 3.69. The summed E-state index contributed by atoms with van der Waals surface area (Å²) in [5, 5.41) is 3.94. The monoisotopic (exact) mass is 238 g/mol. The van der Waals surface area contributed by atoms with Crippen molar-refractivity contribution in [2.75, 3.05) is 6.54 Å². The molecule has 0 aromatic carbocycles. The molecule has 2 saturated carbocycles. The summed E-state index contributed by atoms with van der Waals surface area (Å²) in [5.74, 6) is 1.71. The van der Waals surface area contributed by atoms with E-state index in [0.717, 1.165) is 24.4 Å². The molecule has 0 bridgehead atoms. The van der Waals surface area contributed by atoms with E-state index in [1.54, 1.807) is 0 Å². The summed E-state index contributed by atoms with van der Waals surface area (Å²) >= 11 is 0. The number of nitrogens with two attached hydrogens (primary N) is 1. The molecule has 2 nitrogen and oxygen atoms in total. The van der Waals surface area contributed by atoms with E-state index < -0.39 is 0 Å². The van der Waals surface area contributed by atoms with Crippen molar-refractivity contribution in [3.63, 3.8) is 0 Å². The van der Waals surface area contributed by atoms with Crippen molar-refractivity contribution >= 4 is 0 Å². The predicted octanol–water partition coefficient (Wildman–Crippen LogP) is 3.06. The normalized spacial score (nSPS) is 39.2. The fourth-order valence-electron chi connectivity index (χ4n) is 3.83. The van der Waals surface area contributed by atoms with Crippen LogP contribution in [0.1, 0.15) is 64.7 Å². The zero-order valence-electron chi connectivity index (χ0n) is 11.5. The van der Waals surface area contributed by atoms with Crippen molar-refractivity contribution in [2.45, 2.75) is 76.8 Å². The zero-order chi connectivity index (χ0) is 12.1. The van der Waals surface area contributed by atoms with Gasteiger partial charge >= 0.3 is 0 Å². The van der Waals surface area contributed by atoms with E-state index in [-0.39, 0.29) is 0 Å². The molecule has 4 atom stereocenters. The maximum Gasteiger partial charge on any atom is 0.0110 e. The van der Waals surface area contributed by atoms with Crippen LogP contribution in [-0.4, -0.2) is 18.6 Å². The summed E-state index contributed by atoms with van der Waals surface area (Å²) in [7, 11) is 0. The fourth-order valence-corrected chi connectivity index (χ4v) is 3.83. The maximum atomic E-state index is 5.91. The molecule has 0 aliphatic heterocycles. The van der Waals surface area contributed by atoms with Crippen LogP contribution in [-0.2, 0) is 0 Å². The average molecular weight is 238 g/mol.